The summed E-state index contributed by atoms with van der Waals surface area (Å²) in [5.41, 5.74) is -0.161. The molecule has 0 radical (unpaired) electrons. The zero-order valence-corrected chi connectivity index (χ0v) is 12.3. The molecular weight excluding hydrogens is 282 g/mol. The standard InChI is InChI=1S/C16H19N3O3/c20-14(13-11-7-3-4-8-12(11)18-19-13)17-16(15(21)22)9-5-1-2-6-10-16/h3-4,7-8H,1-2,5-6,9-10H2,(H,17,20)(H,18,19)(H,21,22). The Hall–Kier alpha value is -2.37. The summed E-state index contributed by atoms with van der Waals surface area (Å²) in [6.07, 6.45) is 4.58. The fourth-order valence-corrected chi connectivity index (χ4v) is 3.14. The molecule has 3 N–H and O–H groups in total. The summed E-state index contributed by atoms with van der Waals surface area (Å²) in [6.45, 7) is 0. The lowest BCUT2D eigenvalue weighted by molar-refractivity contribution is -0.145. The molecule has 1 aromatic heterocycles. The smallest absolute Gasteiger partial charge is 0.329 e. The molecule has 1 fully saturated rings. The van der Waals surface area contributed by atoms with E-state index in [4.69, 9.17) is 0 Å². The number of rotatable bonds is 3. The predicted octanol–water partition coefficient (Wildman–Crippen LogP) is 2.47. The number of hydrogen-bond acceptors (Lipinski definition) is 3. The Labute approximate surface area is 127 Å². The van der Waals surface area contributed by atoms with Crippen molar-refractivity contribution in [3.63, 3.8) is 0 Å². The number of hydrogen-bond donors (Lipinski definition) is 3. The van der Waals surface area contributed by atoms with Crippen LogP contribution in [0.25, 0.3) is 10.9 Å². The Bertz CT molecular complexity index is 699. The first-order valence-corrected chi connectivity index (χ1v) is 7.61. The molecule has 3 rings (SSSR count). The lowest BCUT2D eigenvalue weighted by Crippen LogP contribution is -2.54. The molecule has 0 atom stereocenters. The highest BCUT2D eigenvalue weighted by Gasteiger charge is 2.40. The van der Waals surface area contributed by atoms with Crippen molar-refractivity contribution in [3.05, 3.63) is 30.0 Å². The Balaban J connectivity index is 1.89. The van der Waals surface area contributed by atoms with E-state index in [-0.39, 0.29) is 5.69 Å². The topological polar surface area (TPSA) is 95.1 Å². The van der Waals surface area contributed by atoms with E-state index in [2.05, 4.69) is 15.5 Å². The molecule has 1 aromatic carbocycles. The third-order valence-electron chi connectivity index (χ3n) is 4.40. The normalized spacial score (nSPS) is 17.8. The van der Waals surface area contributed by atoms with Gasteiger partial charge in [0.05, 0.1) is 5.52 Å². The van der Waals surface area contributed by atoms with Crippen LogP contribution in [0.4, 0.5) is 0 Å². The fraction of sp³-hybridized carbons (Fsp3) is 0.438. The van der Waals surface area contributed by atoms with Gasteiger partial charge in [-0.05, 0) is 18.9 Å². The van der Waals surface area contributed by atoms with Crippen molar-refractivity contribution in [2.45, 2.75) is 44.1 Å². The molecule has 6 nitrogen and oxygen atoms in total. The third-order valence-corrected chi connectivity index (χ3v) is 4.40. The van der Waals surface area contributed by atoms with E-state index in [0.29, 0.717) is 18.2 Å². The van der Waals surface area contributed by atoms with Gasteiger partial charge in [0.1, 0.15) is 5.54 Å². The number of para-hydroxylation sites is 1. The SMILES string of the molecule is O=C(NC1(C(=O)O)CCCCCC1)c1n[nH]c2ccccc12. The number of carboxylic acid groups (broad SMARTS) is 1. The number of aliphatic carboxylic acids is 1. The Kier molecular flexibility index (Phi) is 3.83. The predicted molar refractivity (Wildman–Crippen MR) is 81.6 cm³/mol. The molecule has 1 aliphatic carbocycles. The molecule has 0 saturated heterocycles. The van der Waals surface area contributed by atoms with E-state index in [9.17, 15) is 14.7 Å². The average Bonchev–Trinajstić information content (AvgIpc) is 2.80. The quantitative estimate of drug-likeness (QED) is 0.759. The number of H-pyrrole nitrogens is 1. The molecule has 0 aliphatic heterocycles. The molecule has 0 unspecified atom stereocenters. The van der Waals surface area contributed by atoms with Crippen LogP contribution < -0.4 is 5.32 Å². The van der Waals surface area contributed by atoms with Crippen LogP contribution in [0.15, 0.2) is 24.3 Å². The van der Waals surface area contributed by atoms with E-state index in [1.54, 1.807) is 6.07 Å². The van der Waals surface area contributed by atoms with Gasteiger partial charge in [-0.25, -0.2) is 4.79 Å². The van der Waals surface area contributed by atoms with Gasteiger partial charge in [0, 0.05) is 5.39 Å². The summed E-state index contributed by atoms with van der Waals surface area (Å²) < 4.78 is 0. The molecule has 1 aliphatic rings. The van der Waals surface area contributed by atoms with Gasteiger partial charge < -0.3 is 10.4 Å². The van der Waals surface area contributed by atoms with Gasteiger partial charge in [-0.1, -0.05) is 43.9 Å². The minimum Gasteiger partial charge on any atom is -0.480 e. The van der Waals surface area contributed by atoms with Crippen LogP contribution in [0.5, 0.6) is 0 Å². The molecule has 22 heavy (non-hydrogen) atoms. The summed E-state index contributed by atoms with van der Waals surface area (Å²) in [5.74, 6) is -1.38. The van der Waals surface area contributed by atoms with E-state index in [1.165, 1.54) is 0 Å². The number of carbonyl (C=O) groups excluding carboxylic acids is 1. The molecule has 0 bridgehead atoms. The van der Waals surface area contributed by atoms with Gasteiger partial charge in [0.2, 0.25) is 0 Å². The van der Waals surface area contributed by atoms with Crippen LogP contribution in [0.1, 0.15) is 49.0 Å². The number of aromatic amines is 1. The lowest BCUT2D eigenvalue weighted by atomic mass is 9.90. The average molecular weight is 301 g/mol. The number of amides is 1. The zero-order valence-electron chi connectivity index (χ0n) is 12.3. The van der Waals surface area contributed by atoms with E-state index in [1.807, 2.05) is 18.2 Å². The second-order valence-electron chi connectivity index (χ2n) is 5.87. The van der Waals surface area contributed by atoms with Crippen LogP contribution in [0, 0.1) is 0 Å². The highest BCUT2D eigenvalue weighted by atomic mass is 16.4. The first kappa shape index (κ1) is 14.6. The molecule has 6 heteroatoms. The van der Waals surface area contributed by atoms with Crippen LogP contribution >= 0.6 is 0 Å². The molecular formula is C16H19N3O3. The molecule has 116 valence electrons. The van der Waals surface area contributed by atoms with Gasteiger partial charge in [0.15, 0.2) is 5.69 Å². The largest absolute Gasteiger partial charge is 0.480 e. The number of nitrogens with zero attached hydrogens (tertiary/aromatic N) is 1. The zero-order chi connectivity index (χ0) is 15.6. The summed E-state index contributed by atoms with van der Waals surface area (Å²) in [7, 11) is 0. The highest BCUT2D eigenvalue weighted by molar-refractivity contribution is 6.06. The summed E-state index contributed by atoms with van der Waals surface area (Å²) in [6, 6.07) is 7.31. The number of carbonyl (C=O) groups is 2. The maximum absolute atomic E-state index is 12.6. The maximum atomic E-state index is 12.6. The number of aromatic nitrogens is 2. The fourth-order valence-electron chi connectivity index (χ4n) is 3.14. The number of nitrogens with one attached hydrogen (secondary N) is 2. The first-order valence-electron chi connectivity index (χ1n) is 7.61. The Morgan fingerprint density at radius 3 is 2.50 bits per heavy atom. The minimum absolute atomic E-state index is 0.250. The van der Waals surface area contributed by atoms with Crippen LogP contribution in [-0.2, 0) is 4.79 Å². The van der Waals surface area contributed by atoms with E-state index >= 15 is 0 Å². The monoisotopic (exact) mass is 301 g/mol. The van der Waals surface area contributed by atoms with Crippen LogP contribution in [0.2, 0.25) is 0 Å². The number of benzene rings is 1. The lowest BCUT2D eigenvalue weighted by Gasteiger charge is -2.28. The van der Waals surface area contributed by atoms with Crippen LogP contribution in [0.3, 0.4) is 0 Å². The Morgan fingerprint density at radius 2 is 1.82 bits per heavy atom. The van der Waals surface area contributed by atoms with E-state index in [0.717, 1.165) is 31.2 Å². The van der Waals surface area contributed by atoms with Crippen molar-refractivity contribution in [1.82, 2.24) is 15.5 Å². The summed E-state index contributed by atoms with van der Waals surface area (Å²) >= 11 is 0. The number of fused-ring (bicyclic) bond motifs is 1. The van der Waals surface area contributed by atoms with Crippen molar-refractivity contribution < 1.29 is 14.7 Å². The van der Waals surface area contributed by atoms with Crippen molar-refractivity contribution >= 4 is 22.8 Å². The van der Waals surface area contributed by atoms with Gasteiger partial charge in [0.25, 0.3) is 5.91 Å². The number of carboxylic acids is 1. The minimum atomic E-state index is -1.17. The maximum Gasteiger partial charge on any atom is 0.329 e. The summed E-state index contributed by atoms with van der Waals surface area (Å²) in [5, 5.41) is 19.9. The first-order chi connectivity index (χ1) is 10.6. The van der Waals surface area contributed by atoms with Gasteiger partial charge >= 0.3 is 5.97 Å². The summed E-state index contributed by atoms with van der Waals surface area (Å²) in [4.78, 5) is 24.3. The second-order valence-corrected chi connectivity index (χ2v) is 5.87. The molecule has 1 heterocycles. The second kappa shape index (κ2) is 5.79. The van der Waals surface area contributed by atoms with Gasteiger partial charge in [-0.3, -0.25) is 9.89 Å². The third kappa shape index (κ3) is 2.56. The van der Waals surface area contributed by atoms with Gasteiger partial charge in [-0.15, -0.1) is 0 Å². The molecule has 1 saturated carbocycles. The molecule has 1 amide bonds. The van der Waals surface area contributed by atoms with Crippen molar-refractivity contribution in [1.29, 1.82) is 0 Å². The van der Waals surface area contributed by atoms with Crippen molar-refractivity contribution in [2.75, 3.05) is 0 Å². The van der Waals surface area contributed by atoms with Crippen molar-refractivity contribution in [3.8, 4) is 0 Å². The van der Waals surface area contributed by atoms with E-state index < -0.39 is 17.4 Å². The Morgan fingerprint density at radius 1 is 1.14 bits per heavy atom. The molecule has 2 aromatic rings. The molecule has 0 spiro atoms. The van der Waals surface area contributed by atoms with Crippen molar-refractivity contribution in [2.24, 2.45) is 0 Å². The van der Waals surface area contributed by atoms with Gasteiger partial charge in [-0.2, -0.15) is 5.10 Å². The highest BCUT2D eigenvalue weighted by Crippen LogP contribution is 2.28. The van der Waals surface area contributed by atoms with Crippen LogP contribution in [-0.4, -0.2) is 32.7 Å².